The molecule has 3 fully saturated rings. The lowest BCUT2D eigenvalue weighted by atomic mass is 9.73. The molecule has 3 saturated heterocycles. The van der Waals surface area contributed by atoms with E-state index < -0.39 is 0 Å². The number of likely N-dealkylation sites (tertiary alicyclic amines) is 1. The van der Waals surface area contributed by atoms with Crippen molar-refractivity contribution in [2.24, 2.45) is 11.8 Å². The van der Waals surface area contributed by atoms with Crippen molar-refractivity contribution in [2.75, 3.05) is 26.2 Å². The number of pyridine rings is 1. The Morgan fingerprint density at radius 3 is 2.90 bits per heavy atom. The number of carbonyl (C=O) groups excluding carboxylic acids is 2. The molecule has 4 atom stereocenters. The van der Waals surface area contributed by atoms with Crippen molar-refractivity contribution in [1.82, 2.24) is 20.5 Å². The maximum atomic E-state index is 11.9. The number of rotatable bonds is 6. The fraction of sp³-hybridized carbons (Fsp3) is 0.600. The zero-order valence-electron chi connectivity index (χ0n) is 16.5. The summed E-state index contributed by atoms with van der Waals surface area (Å²) < 4.78 is 6.41. The Balaban J connectivity index is 0.000000755. The van der Waals surface area contributed by atoms with Crippen LogP contribution >= 0.6 is 0 Å². The summed E-state index contributed by atoms with van der Waals surface area (Å²) in [5.74, 6) is 0.466. The first-order valence-corrected chi connectivity index (χ1v) is 9.86. The molecule has 4 rings (SSSR count). The third-order valence-electron chi connectivity index (χ3n) is 6.00. The van der Waals surface area contributed by atoms with Crippen LogP contribution in [-0.2, 0) is 25.7 Å². The number of carbonyl (C=O) groups is 3. The van der Waals surface area contributed by atoms with E-state index in [2.05, 4.69) is 26.6 Å². The fourth-order valence-corrected chi connectivity index (χ4v) is 4.90. The standard InChI is InChI=1S/C19H26N4O3.CH2O2/c1-13(24)21-9-18(25)22-8-15-16-11-23(10-14-4-2-3-7-20-14)12-19(16)6-5-17(15)26-19;2-1-3/h2-4,7,15-17H,5-6,8-12H2,1H3,(H,21,24)(H,22,25);1H,(H,2,3)/t15-,16+,17+,19+;/m0./s1. The van der Waals surface area contributed by atoms with Gasteiger partial charge in [-0.2, -0.15) is 0 Å². The van der Waals surface area contributed by atoms with Gasteiger partial charge in [0.05, 0.1) is 23.9 Å². The predicted octanol–water partition coefficient (Wildman–Crippen LogP) is 0.0141. The molecule has 3 aliphatic rings. The second kappa shape index (κ2) is 9.32. The number of amides is 2. The van der Waals surface area contributed by atoms with Gasteiger partial charge in [0.2, 0.25) is 11.8 Å². The Kier molecular flexibility index (Phi) is 6.81. The molecule has 158 valence electrons. The van der Waals surface area contributed by atoms with E-state index >= 15 is 0 Å². The maximum absolute atomic E-state index is 11.9. The van der Waals surface area contributed by atoms with Crippen molar-refractivity contribution >= 4 is 18.3 Å². The molecule has 0 radical (unpaired) electrons. The average molecular weight is 404 g/mol. The largest absolute Gasteiger partial charge is 0.483 e. The van der Waals surface area contributed by atoms with Gasteiger partial charge >= 0.3 is 0 Å². The number of nitrogens with one attached hydrogen (secondary N) is 2. The topological polar surface area (TPSA) is 121 Å². The third-order valence-corrected chi connectivity index (χ3v) is 6.00. The van der Waals surface area contributed by atoms with Crippen LogP contribution in [0.15, 0.2) is 24.4 Å². The van der Waals surface area contributed by atoms with Crippen LogP contribution < -0.4 is 10.6 Å². The Morgan fingerprint density at radius 2 is 2.21 bits per heavy atom. The molecule has 2 amide bonds. The highest BCUT2D eigenvalue weighted by Crippen LogP contribution is 2.54. The Bertz CT molecular complexity index is 731. The van der Waals surface area contributed by atoms with Crippen molar-refractivity contribution in [3.05, 3.63) is 30.1 Å². The van der Waals surface area contributed by atoms with E-state index in [1.54, 1.807) is 0 Å². The van der Waals surface area contributed by atoms with Crippen LogP contribution in [0.3, 0.4) is 0 Å². The van der Waals surface area contributed by atoms with Gasteiger partial charge in [0.1, 0.15) is 0 Å². The molecule has 1 spiro atoms. The monoisotopic (exact) mass is 404 g/mol. The van der Waals surface area contributed by atoms with Crippen LogP contribution in [0, 0.1) is 11.8 Å². The first-order chi connectivity index (χ1) is 14.0. The van der Waals surface area contributed by atoms with Gasteiger partial charge in [0.15, 0.2) is 0 Å². The van der Waals surface area contributed by atoms with E-state index in [9.17, 15) is 9.59 Å². The van der Waals surface area contributed by atoms with Gasteiger partial charge < -0.3 is 20.5 Å². The van der Waals surface area contributed by atoms with Crippen molar-refractivity contribution in [1.29, 1.82) is 0 Å². The van der Waals surface area contributed by atoms with Gasteiger partial charge in [-0.3, -0.25) is 24.3 Å². The number of hydrogen-bond donors (Lipinski definition) is 3. The van der Waals surface area contributed by atoms with E-state index in [-0.39, 0.29) is 36.5 Å². The third kappa shape index (κ3) is 4.91. The van der Waals surface area contributed by atoms with E-state index in [1.807, 2.05) is 18.3 Å². The molecular formula is C20H28N4O5. The van der Waals surface area contributed by atoms with E-state index in [1.165, 1.54) is 6.92 Å². The predicted molar refractivity (Wildman–Crippen MR) is 104 cm³/mol. The molecule has 0 saturated carbocycles. The smallest absolute Gasteiger partial charge is 0.290 e. The lowest BCUT2D eigenvalue weighted by Crippen LogP contribution is -2.44. The van der Waals surface area contributed by atoms with Crippen molar-refractivity contribution in [3.63, 3.8) is 0 Å². The van der Waals surface area contributed by atoms with E-state index in [4.69, 9.17) is 14.6 Å². The van der Waals surface area contributed by atoms with E-state index in [0.717, 1.165) is 38.2 Å². The summed E-state index contributed by atoms with van der Waals surface area (Å²) in [6.07, 6.45) is 4.26. The second-order valence-electron chi connectivity index (χ2n) is 7.84. The average Bonchev–Trinajstić information content (AvgIpc) is 3.34. The quantitative estimate of drug-likeness (QED) is 0.571. The Hall–Kier alpha value is -2.52. The highest BCUT2D eigenvalue weighted by molar-refractivity contribution is 5.83. The number of ether oxygens (including phenoxy) is 1. The minimum absolute atomic E-state index is 0.0369. The number of aromatic nitrogens is 1. The lowest BCUT2D eigenvalue weighted by Gasteiger charge is -2.29. The van der Waals surface area contributed by atoms with Gasteiger partial charge in [-0.1, -0.05) is 6.07 Å². The molecule has 0 aromatic carbocycles. The van der Waals surface area contributed by atoms with Crippen molar-refractivity contribution in [3.8, 4) is 0 Å². The molecule has 9 heteroatoms. The molecule has 9 nitrogen and oxygen atoms in total. The van der Waals surface area contributed by atoms with Gasteiger partial charge in [0.25, 0.3) is 6.47 Å². The number of fused-ring (bicyclic) bond motifs is 1. The summed E-state index contributed by atoms with van der Waals surface area (Å²) in [6.45, 7) is 4.59. The molecule has 0 aliphatic carbocycles. The maximum Gasteiger partial charge on any atom is 0.290 e. The molecule has 29 heavy (non-hydrogen) atoms. The summed E-state index contributed by atoms with van der Waals surface area (Å²) in [6, 6.07) is 6.02. The summed E-state index contributed by atoms with van der Waals surface area (Å²) >= 11 is 0. The second-order valence-corrected chi connectivity index (χ2v) is 7.84. The molecular weight excluding hydrogens is 376 g/mol. The van der Waals surface area contributed by atoms with Crippen LogP contribution in [0.25, 0.3) is 0 Å². The molecule has 1 aromatic rings. The SMILES string of the molecule is CC(=O)NCC(=O)NC[C@H]1[C@H]2CN(Cc3ccccn3)C[C@]23CC[C@H]1O3.O=CO. The molecule has 3 aliphatic heterocycles. The first-order valence-electron chi connectivity index (χ1n) is 9.86. The summed E-state index contributed by atoms with van der Waals surface area (Å²) in [4.78, 5) is 38.1. The van der Waals surface area contributed by atoms with Gasteiger partial charge in [-0.05, 0) is 25.0 Å². The fourth-order valence-electron chi connectivity index (χ4n) is 4.90. The molecule has 4 heterocycles. The van der Waals surface area contributed by atoms with Gasteiger partial charge in [0, 0.05) is 51.1 Å². The number of nitrogens with zero attached hydrogens (tertiary/aromatic N) is 2. The van der Waals surface area contributed by atoms with Crippen LogP contribution in [-0.4, -0.2) is 71.2 Å². The minimum atomic E-state index is -0.250. The van der Waals surface area contributed by atoms with Crippen molar-refractivity contribution in [2.45, 2.75) is 38.0 Å². The van der Waals surface area contributed by atoms with Crippen LogP contribution in [0.4, 0.5) is 0 Å². The molecule has 0 unspecified atom stereocenters. The van der Waals surface area contributed by atoms with Crippen LogP contribution in [0.2, 0.25) is 0 Å². The van der Waals surface area contributed by atoms with E-state index in [0.29, 0.717) is 18.4 Å². The highest BCUT2D eigenvalue weighted by atomic mass is 16.5. The summed E-state index contributed by atoms with van der Waals surface area (Å²) in [5, 5.41) is 12.4. The normalized spacial score (nSPS) is 29.5. The first kappa shape index (κ1) is 21.2. The Morgan fingerprint density at radius 1 is 1.41 bits per heavy atom. The molecule has 3 N–H and O–H groups in total. The summed E-state index contributed by atoms with van der Waals surface area (Å²) in [5.41, 5.74) is 1.03. The lowest BCUT2D eigenvalue weighted by molar-refractivity contribution is -0.125. The summed E-state index contributed by atoms with van der Waals surface area (Å²) in [7, 11) is 0. The van der Waals surface area contributed by atoms with Gasteiger partial charge in [-0.25, -0.2) is 0 Å². The minimum Gasteiger partial charge on any atom is -0.483 e. The van der Waals surface area contributed by atoms with Crippen LogP contribution in [0.5, 0.6) is 0 Å². The number of carboxylic acid groups (broad SMARTS) is 1. The molecule has 1 aromatic heterocycles. The van der Waals surface area contributed by atoms with Gasteiger partial charge in [-0.15, -0.1) is 0 Å². The zero-order chi connectivity index (χ0) is 20.9. The highest BCUT2D eigenvalue weighted by Gasteiger charge is 2.62. The molecule has 2 bridgehead atoms. The zero-order valence-corrected chi connectivity index (χ0v) is 16.5. The van der Waals surface area contributed by atoms with Crippen molar-refractivity contribution < 1.29 is 24.2 Å². The number of hydrogen-bond acceptors (Lipinski definition) is 6. The Labute approximate surface area is 169 Å². The van der Waals surface area contributed by atoms with Crippen LogP contribution in [0.1, 0.15) is 25.5 Å².